The molecule has 1 unspecified atom stereocenters. The smallest absolute Gasteiger partial charge is 0.130 e. The molecule has 4 heteroatoms. The van der Waals surface area contributed by atoms with Gasteiger partial charge in [0.2, 0.25) is 0 Å². The Hall–Kier alpha value is -2.88. The predicted octanol–water partition coefficient (Wildman–Crippen LogP) is 6.22. The third kappa shape index (κ3) is 3.84. The maximum absolute atomic E-state index is 13.1. The van der Waals surface area contributed by atoms with Gasteiger partial charge in [-0.25, -0.2) is 4.39 Å². The van der Waals surface area contributed by atoms with Gasteiger partial charge in [-0.3, -0.25) is 4.98 Å². The summed E-state index contributed by atoms with van der Waals surface area (Å²) in [5, 5.41) is 0. The Bertz CT molecular complexity index is 1030. The molecule has 0 saturated heterocycles. The minimum absolute atomic E-state index is 0.189. The Labute approximate surface area is 171 Å². The van der Waals surface area contributed by atoms with Crippen LogP contribution >= 0.6 is 0 Å². The number of nitrogens with two attached hydrogens (primary N) is 1. The van der Waals surface area contributed by atoms with E-state index in [0.717, 1.165) is 53.0 Å². The fourth-order valence-corrected chi connectivity index (χ4v) is 4.19. The second-order valence-electron chi connectivity index (χ2n) is 8.44. The zero-order valence-corrected chi connectivity index (χ0v) is 17.2. The molecule has 1 aliphatic rings. The summed E-state index contributed by atoms with van der Waals surface area (Å²) in [5.41, 5.74) is 12.2. The van der Waals surface area contributed by atoms with Crippen molar-refractivity contribution in [1.29, 1.82) is 0 Å². The molecule has 29 heavy (non-hydrogen) atoms. The van der Waals surface area contributed by atoms with Crippen LogP contribution in [0.3, 0.4) is 0 Å². The van der Waals surface area contributed by atoms with Gasteiger partial charge < -0.3 is 10.5 Å². The van der Waals surface area contributed by atoms with Gasteiger partial charge in [0.25, 0.3) is 0 Å². The van der Waals surface area contributed by atoms with Crippen LogP contribution in [0, 0.1) is 5.82 Å². The first-order chi connectivity index (χ1) is 13.8. The number of rotatable bonds is 5. The second kappa shape index (κ2) is 7.51. The third-order valence-corrected chi connectivity index (χ3v) is 5.84. The molecule has 0 aliphatic carbocycles. The molecule has 1 aliphatic heterocycles. The number of hydrogen-bond acceptors (Lipinski definition) is 3. The van der Waals surface area contributed by atoms with Crippen LogP contribution in [0.4, 0.5) is 10.1 Å². The number of benzene rings is 2. The van der Waals surface area contributed by atoms with E-state index in [4.69, 9.17) is 10.5 Å². The Morgan fingerprint density at radius 3 is 2.66 bits per heavy atom. The van der Waals surface area contributed by atoms with Crippen LogP contribution < -0.4 is 10.5 Å². The van der Waals surface area contributed by atoms with E-state index in [2.05, 4.69) is 37.9 Å². The first-order valence-electron chi connectivity index (χ1n) is 10.2. The lowest BCUT2D eigenvalue weighted by Gasteiger charge is -2.35. The summed E-state index contributed by atoms with van der Waals surface area (Å²) < 4.78 is 19.4. The van der Waals surface area contributed by atoms with Crippen molar-refractivity contribution in [1.82, 2.24) is 4.98 Å². The quantitative estimate of drug-likeness (QED) is 0.526. The van der Waals surface area contributed by atoms with E-state index in [-0.39, 0.29) is 5.82 Å². The highest BCUT2D eigenvalue weighted by Crippen LogP contribution is 2.48. The lowest BCUT2D eigenvalue weighted by Crippen LogP contribution is -2.29. The monoisotopic (exact) mass is 390 g/mol. The molecule has 150 valence electrons. The van der Waals surface area contributed by atoms with Gasteiger partial charge >= 0.3 is 0 Å². The molecule has 4 rings (SSSR count). The molecule has 0 saturated carbocycles. The zero-order valence-electron chi connectivity index (χ0n) is 17.2. The van der Waals surface area contributed by atoms with E-state index >= 15 is 0 Å². The number of halogens is 1. The van der Waals surface area contributed by atoms with Crippen molar-refractivity contribution in [2.45, 2.75) is 51.6 Å². The van der Waals surface area contributed by atoms with Crippen LogP contribution in [0.1, 0.15) is 56.2 Å². The summed E-state index contributed by atoms with van der Waals surface area (Å²) in [6, 6.07) is 13.0. The minimum atomic E-state index is -0.428. The molecule has 2 N–H and O–H groups in total. The molecule has 2 aromatic carbocycles. The standard InChI is InChI=1S/C25H27FN2O/c1-16(5-4-6-17-7-9-19(26)10-8-17)18-13-22(27)24-20-15-28-12-11-21(20)25(2,3)29-23(24)14-18/h7-16H,4-6,27H2,1-3H3. The number of aromatic nitrogens is 1. The van der Waals surface area contributed by atoms with E-state index in [1.54, 1.807) is 6.20 Å². The van der Waals surface area contributed by atoms with Crippen LogP contribution in [0.25, 0.3) is 11.1 Å². The van der Waals surface area contributed by atoms with Crippen molar-refractivity contribution in [2.24, 2.45) is 0 Å². The Kier molecular flexibility index (Phi) is 5.03. The molecule has 1 aromatic heterocycles. The number of ether oxygens (including phenoxy) is 1. The van der Waals surface area contributed by atoms with Gasteiger partial charge in [0, 0.05) is 34.8 Å². The van der Waals surface area contributed by atoms with Crippen LogP contribution in [0.5, 0.6) is 5.75 Å². The average Bonchev–Trinajstić information content (AvgIpc) is 2.68. The highest BCUT2D eigenvalue weighted by molar-refractivity contribution is 5.86. The average molecular weight is 391 g/mol. The van der Waals surface area contributed by atoms with Crippen molar-refractivity contribution in [3.63, 3.8) is 0 Å². The van der Waals surface area contributed by atoms with Crippen molar-refractivity contribution in [2.75, 3.05) is 5.73 Å². The maximum atomic E-state index is 13.1. The van der Waals surface area contributed by atoms with Gasteiger partial charge in [-0.15, -0.1) is 0 Å². The largest absolute Gasteiger partial charge is 0.482 e. The highest BCUT2D eigenvalue weighted by atomic mass is 19.1. The number of anilines is 1. The number of nitrogen functional groups attached to an aromatic ring is 1. The van der Waals surface area contributed by atoms with E-state index in [9.17, 15) is 4.39 Å². The lowest BCUT2D eigenvalue weighted by molar-refractivity contribution is 0.105. The fraction of sp³-hybridized carbons (Fsp3) is 0.320. The van der Waals surface area contributed by atoms with Crippen molar-refractivity contribution >= 4 is 5.69 Å². The van der Waals surface area contributed by atoms with Gasteiger partial charge in [0.1, 0.15) is 17.2 Å². The summed E-state index contributed by atoms with van der Waals surface area (Å²) in [7, 11) is 0. The van der Waals surface area contributed by atoms with Crippen molar-refractivity contribution in [3.05, 3.63) is 77.4 Å². The van der Waals surface area contributed by atoms with Crippen molar-refractivity contribution < 1.29 is 9.13 Å². The maximum Gasteiger partial charge on any atom is 0.130 e. The summed E-state index contributed by atoms with van der Waals surface area (Å²) in [6.07, 6.45) is 6.66. The summed E-state index contributed by atoms with van der Waals surface area (Å²) in [4.78, 5) is 4.30. The predicted molar refractivity (Wildman–Crippen MR) is 115 cm³/mol. The van der Waals surface area contributed by atoms with Gasteiger partial charge in [-0.2, -0.15) is 0 Å². The van der Waals surface area contributed by atoms with Crippen LogP contribution in [-0.4, -0.2) is 4.98 Å². The van der Waals surface area contributed by atoms with Crippen molar-refractivity contribution in [3.8, 4) is 16.9 Å². The minimum Gasteiger partial charge on any atom is -0.482 e. The highest BCUT2D eigenvalue weighted by Gasteiger charge is 2.34. The SMILES string of the molecule is CC(CCCc1ccc(F)cc1)c1cc(N)c2c(c1)OC(C)(C)c1ccncc1-2. The van der Waals surface area contributed by atoms with Gasteiger partial charge in [0.05, 0.1) is 0 Å². The summed E-state index contributed by atoms with van der Waals surface area (Å²) >= 11 is 0. The Balaban J connectivity index is 1.54. The van der Waals surface area contributed by atoms with E-state index < -0.39 is 5.60 Å². The number of aryl methyl sites for hydroxylation is 1. The van der Waals surface area contributed by atoms with E-state index in [1.165, 1.54) is 17.7 Å². The molecule has 0 radical (unpaired) electrons. The Morgan fingerprint density at radius 1 is 1.14 bits per heavy atom. The number of fused-ring (bicyclic) bond motifs is 3. The first kappa shape index (κ1) is 19.4. The normalized spacial score (nSPS) is 15.2. The molecule has 0 fully saturated rings. The van der Waals surface area contributed by atoms with E-state index in [1.807, 2.05) is 24.4 Å². The van der Waals surface area contributed by atoms with Gasteiger partial charge in [-0.1, -0.05) is 19.1 Å². The molecule has 0 amide bonds. The molecular weight excluding hydrogens is 363 g/mol. The first-order valence-corrected chi connectivity index (χ1v) is 10.2. The zero-order chi connectivity index (χ0) is 20.6. The fourth-order valence-electron chi connectivity index (χ4n) is 4.19. The third-order valence-electron chi connectivity index (χ3n) is 5.84. The number of nitrogens with zero attached hydrogens (tertiary/aromatic N) is 1. The molecule has 3 nitrogen and oxygen atoms in total. The van der Waals surface area contributed by atoms with Gasteiger partial charge in [-0.05, 0) is 80.5 Å². The van der Waals surface area contributed by atoms with Crippen LogP contribution in [0.15, 0.2) is 54.9 Å². The molecule has 2 heterocycles. The number of pyridine rings is 1. The summed E-state index contributed by atoms with van der Waals surface area (Å²) in [5.74, 6) is 0.993. The van der Waals surface area contributed by atoms with Gasteiger partial charge in [0.15, 0.2) is 0 Å². The topological polar surface area (TPSA) is 48.1 Å². The molecule has 3 aromatic rings. The second-order valence-corrected chi connectivity index (χ2v) is 8.44. The molecule has 0 spiro atoms. The lowest BCUT2D eigenvalue weighted by atomic mass is 9.85. The van der Waals surface area contributed by atoms with E-state index in [0.29, 0.717) is 5.92 Å². The van der Waals surface area contributed by atoms with Crippen LogP contribution in [-0.2, 0) is 12.0 Å². The van der Waals surface area contributed by atoms with Crippen LogP contribution in [0.2, 0.25) is 0 Å². The number of hydrogen-bond donors (Lipinski definition) is 1. The molecule has 0 bridgehead atoms. The molecular formula is C25H27FN2O. The molecule has 1 atom stereocenters. The summed E-state index contributed by atoms with van der Waals surface area (Å²) in [6.45, 7) is 6.36. The Morgan fingerprint density at radius 2 is 1.90 bits per heavy atom.